The second kappa shape index (κ2) is 7.17. The molecular formula is C15H24N2O. The summed E-state index contributed by atoms with van der Waals surface area (Å²) in [5.74, 6) is 0.570. The van der Waals surface area contributed by atoms with Gasteiger partial charge in [0.15, 0.2) is 0 Å². The molecule has 0 fully saturated rings. The topological polar surface area (TPSA) is 41.1 Å². The molecule has 0 radical (unpaired) electrons. The molecular weight excluding hydrogens is 224 g/mol. The zero-order chi connectivity index (χ0) is 13.5. The van der Waals surface area contributed by atoms with Gasteiger partial charge in [0, 0.05) is 12.6 Å². The van der Waals surface area contributed by atoms with Crippen LogP contribution < -0.4 is 10.6 Å². The van der Waals surface area contributed by atoms with Gasteiger partial charge in [0.1, 0.15) is 0 Å². The van der Waals surface area contributed by atoms with Crippen molar-refractivity contribution in [1.29, 1.82) is 0 Å². The van der Waals surface area contributed by atoms with E-state index < -0.39 is 0 Å². The number of amides is 1. The van der Waals surface area contributed by atoms with Crippen LogP contribution in [0, 0.1) is 5.92 Å². The highest BCUT2D eigenvalue weighted by atomic mass is 16.2. The molecule has 2 unspecified atom stereocenters. The molecule has 0 spiro atoms. The zero-order valence-electron chi connectivity index (χ0n) is 11.7. The fourth-order valence-electron chi connectivity index (χ4n) is 1.60. The summed E-state index contributed by atoms with van der Waals surface area (Å²) in [6, 6.07) is 10.1. The molecule has 1 aromatic carbocycles. The summed E-state index contributed by atoms with van der Waals surface area (Å²) in [5, 5.41) is 6.24. The summed E-state index contributed by atoms with van der Waals surface area (Å²) in [6.45, 7) is 8.88. The molecule has 0 aliphatic rings. The Labute approximate surface area is 110 Å². The summed E-state index contributed by atoms with van der Waals surface area (Å²) >= 11 is 0. The minimum atomic E-state index is -0.161. The third-order valence-corrected chi connectivity index (χ3v) is 3.22. The van der Waals surface area contributed by atoms with Gasteiger partial charge < -0.3 is 10.6 Å². The molecule has 0 aliphatic carbocycles. The van der Waals surface area contributed by atoms with Crippen LogP contribution in [0.5, 0.6) is 0 Å². The first kappa shape index (κ1) is 14.7. The van der Waals surface area contributed by atoms with E-state index in [4.69, 9.17) is 0 Å². The first-order chi connectivity index (χ1) is 8.50. The summed E-state index contributed by atoms with van der Waals surface area (Å²) in [5.41, 5.74) is 1.12. The Kier molecular flexibility index (Phi) is 5.86. The van der Waals surface area contributed by atoms with Crippen molar-refractivity contribution in [3.05, 3.63) is 35.9 Å². The molecule has 2 atom stereocenters. The minimum absolute atomic E-state index is 0.0475. The van der Waals surface area contributed by atoms with E-state index in [-0.39, 0.29) is 11.9 Å². The number of carbonyl (C=O) groups excluding carboxylic acids is 1. The van der Waals surface area contributed by atoms with Gasteiger partial charge in [0.25, 0.3) is 0 Å². The smallest absolute Gasteiger partial charge is 0.237 e. The van der Waals surface area contributed by atoms with Crippen LogP contribution in [0.2, 0.25) is 0 Å². The predicted octanol–water partition coefficient (Wildman–Crippen LogP) is 2.33. The largest absolute Gasteiger partial charge is 0.351 e. The van der Waals surface area contributed by atoms with E-state index in [1.807, 2.05) is 37.3 Å². The van der Waals surface area contributed by atoms with Gasteiger partial charge >= 0.3 is 0 Å². The molecule has 100 valence electrons. The predicted molar refractivity (Wildman–Crippen MR) is 75.2 cm³/mol. The quantitative estimate of drug-likeness (QED) is 0.811. The molecule has 3 heteroatoms. The van der Waals surface area contributed by atoms with Crippen molar-refractivity contribution in [2.24, 2.45) is 5.92 Å². The maximum Gasteiger partial charge on any atom is 0.237 e. The van der Waals surface area contributed by atoms with Crippen molar-refractivity contribution in [3.63, 3.8) is 0 Å². The lowest BCUT2D eigenvalue weighted by Gasteiger charge is -2.22. The summed E-state index contributed by atoms with van der Waals surface area (Å²) in [4.78, 5) is 11.9. The molecule has 0 saturated carbocycles. The van der Waals surface area contributed by atoms with Crippen LogP contribution in [-0.4, -0.2) is 18.0 Å². The SMILES string of the molecule is CC(NC(C)C(C)C)C(=O)NCc1ccccc1. The van der Waals surface area contributed by atoms with Gasteiger partial charge in [-0.1, -0.05) is 44.2 Å². The maximum absolute atomic E-state index is 11.9. The average molecular weight is 248 g/mol. The summed E-state index contributed by atoms with van der Waals surface area (Å²) < 4.78 is 0. The van der Waals surface area contributed by atoms with Crippen LogP contribution in [0.1, 0.15) is 33.3 Å². The van der Waals surface area contributed by atoms with Crippen LogP contribution >= 0.6 is 0 Å². The summed E-state index contributed by atoms with van der Waals surface area (Å²) in [7, 11) is 0. The highest BCUT2D eigenvalue weighted by Gasteiger charge is 2.16. The highest BCUT2D eigenvalue weighted by molar-refractivity contribution is 5.81. The Morgan fingerprint density at radius 3 is 2.28 bits per heavy atom. The average Bonchev–Trinajstić information content (AvgIpc) is 2.36. The lowest BCUT2D eigenvalue weighted by molar-refractivity contribution is -0.123. The third kappa shape index (κ3) is 4.88. The third-order valence-electron chi connectivity index (χ3n) is 3.22. The number of nitrogens with one attached hydrogen (secondary N) is 2. The Morgan fingerprint density at radius 2 is 1.72 bits per heavy atom. The Bertz CT molecular complexity index is 362. The lowest BCUT2D eigenvalue weighted by atomic mass is 10.1. The first-order valence-electron chi connectivity index (χ1n) is 6.58. The number of hydrogen-bond acceptors (Lipinski definition) is 2. The van der Waals surface area contributed by atoms with E-state index in [0.717, 1.165) is 5.56 Å². The fourth-order valence-corrected chi connectivity index (χ4v) is 1.60. The van der Waals surface area contributed by atoms with E-state index in [2.05, 4.69) is 31.4 Å². The van der Waals surface area contributed by atoms with Crippen molar-refractivity contribution in [2.75, 3.05) is 0 Å². The van der Waals surface area contributed by atoms with Gasteiger partial charge in [0.2, 0.25) is 5.91 Å². The molecule has 0 aliphatic heterocycles. The van der Waals surface area contributed by atoms with Crippen molar-refractivity contribution in [1.82, 2.24) is 10.6 Å². The molecule has 1 rings (SSSR count). The monoisotopic (exact) mass is 248 g/mol. The van der Waals surface area contributed by atoms with Gasteiger partial charge in [-0.15, -0.1) is 0 Å². The molecule has 1 aromatic rings. The van der Waals surface area contributed by atoms with Crippen molar-refractivity contribution in [3.8, 4) is 0 Å². The molecule has 0 bridgehead atoms. The second-order valence-electron chi connectivity index (χ2n) is 5.12. The Balaban J connectivity index is 2.36. The highest BCUT2D eigenvalue weighted by Crippen LogP contribution is 2.02. The van der Waals surface area contributed by atoms with Gasteiger partial charge in [-0.05, 0) is 25.3 Å². The van der Waals surface area contributed by atoms with Crippen LogP contribution in [0.25, 0.3) is 0 Å². The fraction of sp³-hybridized carbons (Fsp3) is 0.533. The number of rotatable bonds is 6. The normalized spacial score (nSPS) is 14.3. The maximum atomic E-state index is 11.9. The second-order valence-corrected chi connectivity index (χ2v) is 5.12. The molecule has 18 heavy (non-hydrogen) atoms. The van der Waals surface area contributed by atoms with Crippen LogP contribution in [0.3, 0.4) is 0 Å². The van der Waals surface area contributed by atoms with E-state index in [1.165, 1.54) is 0 Å². The zero-order valence-corrected chi connectivity index (χ0v) is 11.7. The lowest BCUT2D eigenvalue weighted by Crippen LogP contribution is -2.47. The summed E-state index contributed by atoms with van der Waals surface area (Å²) in [6.07, 6.45) is 0. The molecule has 0 saturated heterocycles. The molecule has 3 nitrogen and oxygen atoms in total. The van der Waals surface area contributed by atoms with Crippen molar-refractivity contribution >= 4 is 5.91 Å². The minimum Gasteiger partial charge on any atom is -0.351 e. The van der Waals surface area contributed by atoms with E-state index in [9.17, 15) is 4.79 Å². The molecule has 1 amide bonds. The Morgan fingerprint density at radius 1 is 1.11 bits per heavy atom. The van der Waals surface area contributed by atoms with Crippen LogP contribution in [0.4, 0.5) is 0 Å². The van der Waals surface area contributed by atoms with Crippen LogP contribution in [0.15, 0.2) is 30.3 Å². The number of benzene rings is 1. The molecule has 0 heterocycles. The van der Waals surface area contributed by atoms with E-state index in [1.54, 1.807) is 0 Å². The number of carbonyl (C=O) groups is 1. The van der Waals surface area contributed by atoms with E-state index >= 15 is 0 Å². The van der Waals surface area contributed by atoms with Crippen LogP contribution in [-0.2, 0) is 11.3 Å². The first-order valence-corrected chi connectivity index (χ1v) is 6.58. The van der Waals surface area contributed by atoms with Gasteiger partial charge in [-0.25, -0.2) is 0 Å². The van der Waals surface area contributed by atoms with E-state index in [0.29, 0.717) is 18.5 Å². The molecule has 0 aromatic heterocycles. The Hall–Kier alpha value is -1.35. The van der Waals surface area contributed by atoms with Crippen molar-refractivity contribution in [2.45, 2.75) is 46.3 Å². The molecule has 2 N–H and O–H groups in total. The van der Waals surface area contributed by atoms with Gasteiger partial charge in [-0.2, -0.15) is 0 Å². The number of hydrogen-bond donors (Lipinski definition) is 2. The standard InChI is InChI=1S/C15H24N2O/c1-11(2)12(3)17-13(4)15(18)16-10-14-8-6-5-7-9-14/h5-9,11-13,17H,10H2,1-4H3,(H,16,18). The van der Waals surface area contributed by atoms with Gasteiger partial charge in [-0.3, -0.25) is 4.79 Å². The van der Waals surface area contributed by atoms with Crippen molar-refractivity contribution < 1.29 is 4.79 Å². The van der Waals surface area contributed by atoms with Gasteiger partial charge in [0.05, 0.1) is 6.04 Å².